The smallest absolute Gasteiger partial charge is 0.263 e. The van der Waals surface area contributed by atoms with Crippen molar-refractivity contribution in [2.75, 3.05) is 34.0 Å². The van der Waals surface area contributed by atoms with Gasteiger partial charge in [-0.3, -0.25) is 14.2 Å². The minimum absolute atomic E-state index is 0.0330. The Hall–Kier alpha value is -3.94. The second-order valence-corrected chi connectivity index (χ2v) is 26.1. The molecule has 0 aliphatic carbocycles. The van der Waals surface area contributed by atoms with E-state index in [1.54, 1.807) is 0 Å². The number of hydrogen-bond acceptors (Lipinski definition) is 24. The maximum atomic E-state index is 14.6. The van der Waals surface area contributed by atoms with E-state index in [9.17, 15) is 86.5 Å². The van der Waals surface area contributed by atoms with Crippen molar-refractivity contribution in [3.63, 3.8) is 0 Å². The molecule has 3 aliphatic rings. The van der Waals surface area contributed by atoms with Crippen LogP contribution in [0.2, 0.25) is 0 Å². The van der Waals surface area contributed by atoms with Crippen molar-refractivity contribution >= 4 is 93.2 Å². The van der Waals surface area contributed by atoms with Gasteiger partial charge in [-0.25, -0.2) is 25.3 Å². The summed E-state index contributed by atoms with van der Waals surface area (Å²) in [6.45, 7) is -1.94. The fourth-order valence-corrected chi connectivity index (χ4v) is 15.7. The number of nitrogens with one attached hydrogen (secondary N) is 3. The first-order valence-electron chi connectivity index (χ1n) is 22.8. The van der Waals surface area contributed by atoms with Crippen molar-refractivity contribution in [2.24, 2.45) is 0 Å². The number of hydrogen-bond donors (Lipinski definition) is 15. The number of ether oxygens (including phenoxy) is 3. The van der Waals surface area contributed by atoms with Crippen LogP contribution in [0.25, 0.3) is 10.8 Å². The molecule has 5 aromatic rings. The van der Waals surface area contributed by atoms with Gasteiger partial charge in [-0.15, -0.1) is 0 Å². The first-order chi connectivity index (χ1) is 35.9. The third kappa shape index (κ3) is 12.6. The summed E-state index contributed by atoms with van der Waals surface area (Å²) in [5.41, 5.74) is -3.49. The van der Waals surface area contributed by atoms with Crippen molar-refractivity contribution in [3.05, 3.63) is 103 Å². The Morgan fingerprint density at radius 3 is 1.09 bits per heavy atom. The zero-order valence-electron chi connectivity index (χ0n) is 39.1. The predicted octanol–water partition coefficient (Wildman–Crippen LogP) is -1.08. The summed E-state index contributed by atoms with van der Waals surface area (Å²) in [5, 5.41) is 121. The molecule has 5 aromatic carbocycles. The van der Waals surface area contributed by atoms with Gasteiger partial charge in [0.05, 0.1) is 24.7 Å². The lowest BCUT2D eigenvalue weighted by molar-refractivity contribution is -0.205. The van der Waals surface area contributed by atoms with E-state index in [0.717, 1.165) is 59.6 Å². The number of aliphatic hydroxyl groups excluding tert-OH is 12. The van der Waals surface area contributed by atoms with E-state index in [1.807, 2.05) is 0 Å². The van der Waals surface area contributed by atoms with Gasteiger partial charge in [-0.05, 0) is 96.4 Å². The average Bonchev–Trinajstić information content (AvgIpc) is 3.42. The molecule has 8 rings (SSSR count). The summed E-state index contributed by atoms with van der Waals surface area (Å²) in [7, 11) is -14.2. The molecular weight excluding hydrogens is 1120 g/mol. The fourth-order valence-electron chi connectivity index (χ4n) is 8.25. The Balaban J connectivity index is 1.06. The molecule has 15 atom stereocenters. The molecule has 0 amide bonds. The molecule has 3 heterocycles. The Bertz CT molecular complexity index is 3160. The number of fused-ring (bicyclic) bond motifs is 1. The molecule has 0 unspecified atom stereocenters. The van der Waals surface area contributed by atoms with Gasteiger partial charge < -0.3 is 75.5 Å². The highest BCUT2D eigenvalue weighted by atomic mass is 32.2. The van der Waals surface area contributed by atoms with Gasteiger partial charge in [0.2, 0.25) is 0 Å². The number of rotatable bonds is 18. The summed E-state index contributed by atoms with van der Waals surface area (Å²) in [6.07, 6.45) is -17.8. The van der Waals surface area contributed by atoms with Gasteiger partial charge in [0.15, 0.2) is 0 Å². The second kappa shape index (κ2) is 23.8. The molecule has 0 bridgehead atoms. The molecule has 0 saturated carbocycles. The molecule has 3 saturated heterocycles. The highest BCUT2D eigenvalue weighted by Crippen LogP contribution is 2.39. The zero-order chi connectivity index (χ0) is 55.0. The maximum Gasteiger partial charge on any atom is 0.263 e. The van der Waals surface area contributed by atoms with Gasteiger partial charge in [0.1, 0.15) is 99.3 Å². The number of aliphatic hydroxyl groups is 12. The molecule has 0 spiro atoms. The summed E-state index contributed by atoms with van der Waals surface area (Å²) in [4.78, 5) is -0.696. The second-order valence-electron chi connectivity index (χ2n) is 17.6. The van der Waals surface area contributed by atoms with E-state index < -0.39 is 149 Å². The Morgan fingerprint density at radius 1 is 0.395 bits per heavy atom. The lowest BCUT2D eigenvalue weighted by atomic mass is 10.0. The minimum atomic E-state index is -4.94. The largest absolute Gasteiger partial charge is 0.394 e. The normalized spacial score (nSPS) is 30.4. The third-order valence-corrected chi connectivity index (χ3v) is 20.3. The first-order valence-corrected chi connectivity index (χ1v) is 29.9. The summed E-state index contributed by atoms with van der Waals surface area (Å²) < 4.78 is 109. The van der Waals surface area contributed by atoms with Crippen LogP contribution >= 0.6 is 35.3 Å². The standard InChI is InChI=1S/C46H53N3O21S6/c50-18-30-34(53)37(56)40(59)44(68-30)71-25-8-2-22(3-9-25)47-74(62,63)28-14-15-29-21(17-28)1-16-33(75(64,65)48-23-4-10-26(11-5-23)72-45-41(60)38(57)35(54)31(19-51)69-45)43(29)76(66,67)49-24-6-12-27(13-7-24)73-46-42(61)39(58)36(55)32(20-52)70-46/h1-17,30-32,34-42,44-61H,18-20H2/t30-,31-,32-,34-,35-,36-,37+,38+,39+,40-,41-,42-,44+,45+,46+/m1/s1. The fraction of sp³-hybridized carbons (Fsp3) is 0.391. The van der Waals surface area contributed by atoms with E-state index in [2.05, 4.69) is 14.2 Å². The molecule has 0 radical (unpaired) electrons. The van der Waals surface area contributed by atoms with Crippen LogP contribution in [0.3, 0.4) is 0 Å². The molecule has 3 fully saturated rings. The SMILES string of the molecule is O=S(=O)(Nc1ccc(S[C@@H]2O[C@H](CO)[C@@H](O)[C@H](O)[C@H]2O)cc1)c1ccc2c(S(=O)(=O)Nc3ccc(S[C@@H]4O[C@H](CO)[C@@H](O)[C@H](O)[C@H]4O)cc3)c(S(=O)(=O)Nc3ccc(S[C@@H]4O[C@H](CO)[C@@H](O)[C@H](O)[C@H]4O)cc3)ccc2c1. The van der Waals surface area contributed by atoms with E-state index >= 15 is 0 Å². The van der Waals surface area contributed by atoms with Crippen LogP contribution in [0.5, 0.6) is 0 Å². The van der Waals surface area contributed by atoms with Crippen molar-refractivity contribution in [2.45, 2.75) is 119 Å². The summed E-state index contributed by atoms with van der Waals surface area (Å²) >= 11 is 2.74. The van der Waals surface area contributed by atoms with E-state index in [-0.39, 0.29) is 32.7 Å². The zero-order valence-corrected chi connectivity index (χ0v) is 44.0. The molecule has 76 heavy (non-hydrogen) atoms. The predicted molar refractivity (Wildman–Crippen MR) is 275 cm³/mol. The highest BCUT2D eigenvalue weighted by Gasteiger charge is 2.46. The highest BCUT2D eigenvalue weighted by molar-refractivity contribution is 8.00. The molecule has 0 aromatic heterocycles. The molecule has 414 valence electrons. The number of thioether (sulfide) groups is 3. The Kier molecular flexibility index (Phi) is 18.2. The molecular formula is C46H53N3O21S6. The first kappa shape index (κ1) is 58.2. The van der Waals surface area contributed by atoms with Crippen LogP contribution in [-0.4, -0.2) is 196 Å². The van der Waals surface area contributed by atoms with Crippen LogP contribution in [0.4, 0.5) is 17.1 Å². The quantitative estimate of drug-likeness (QED) is 0.0496. The van der Waals surface area contributed by atoms with Gasteiger partial charge >= 0.3 is 0 Å². The van der Waals surface area contributed by atoms with Crippen LogP contribution < -0.4 is 14.2 Å². The molecule has 30 heteroatoms. The third-order valence-electron chi connectivity index (χ3n) is 12.4. The lowest BCUT2D eigenvalue weighted by Gasteiger charge is -2.39. The van der Waals surface area contributed by atoms with Crippen LogP contribution in [0, 0.1) is 0 Å². The van der Waals surface area contributed by atoms with Crippen molar-refractivity contribution in [3.8, 4) is 0 Å². The van der Waals surface area contributed by atoms with Crippen molar-refractivity contribution < 1.29 is 101 Å². The van der Waals surface area contributed by atoms with Crippen molar-refractivity contribution in [1.29, 1.82) is 0 Å². The minimum Gasteiger partial charge on any atom is -0.394 e. The van der Waals surface area contributed by atoms with E-state index in [1.165, 1.54) is 78.9 Å². The number of anilines is 3. The molecule has 24 nitrogen and oxygen atoms in total. The summed E-state index contributed by atoms with van der Waals surface area (Å²) in [6, 6.07) is 22.2. The van der Waals surface area contributed by atoms with Gasteiger partial charge in [-0.1, -0.05) is 47.4 Å². The average molecular weight is 1180 g/mol. The van der Waals surface area contributed by atoms with Gasteiger partial charge in [-0.2, -0.15) is 0 Å². The lowest BCUT2D eigenvalue weighted by Crippen LogP contribution is -2.57. The van der Waals surface area contributed by atoms with Crippen LogP contribution in [-0.2, 0) is 44.3 Å². The maximum absolute atomic E-state index is 14.6. The van der Waals surface area contributed by atoms with E-state index in [4.69, 9.17) is 14.2 Å². The van der Waals surface area contributed by atoms with Crippen LogP contribution in [0.15, 0.2) is 133 Å². The Morgan fingerprint density at radius 2 is 0.737 bits per heavy atom. The van der Waals surface area contributed by atoms with E-state index in [0.29, 0.717) is 14.7 Å². The summed E-state index contributed by atoms with van der Waals surface area (Å²) in [5.74, 6) is 0. The van der Waals surface area contributed by atoms with Gasteiger partial charge in [0, 0.05) is 37.1 Å². The number of sulfonamides is 3. The van der Waals surface area contributed by atoms with Crippen LogP contribution in [0.1, 0.15) is 0 Å². The monoisotopic (exact) mass is 1180 g/mol. The molecule has 15 N–H and O–H groups in total. The molecule has 3 aliphatic heterocycles. The Labute approximate surface area is 447 Å². The topological polar surface area (TPSA) is 409 Å². The van der Waals surface area contributed by atoms with Gasteiger partial charge in [0.25, 0.3) is 30.1 Å². The number of benzene rings is 5. The van der Waals surface area contributed by atoms with Crippen molar-refractivity contribution in [1.82, 2.24) is 0 Å².